The van der Waals surface area contributed by atoms with Crippen LogP contribution in [-0.4, -0.2) is 57.1 Å². The van der Waals surface area contributed by atoms with Crippen molar-refractivity contribution in [2.45, 2.75) is 25.9 Å². The van der Waals surface area contributed by atoms with Gasteiger partial charge in [-0.3, -0.25) is 0 Å². The van der Waals surface area contributed by atoms with E-state index in [9.17, 15) is 5.11 Å². The Balaban J connectivity index is 2.40. The van der Waals surface area contributed by atoms with Crippen LogP contribution in [0.2, 0.25) is 0 Å². The van der Waals surface area contributed by atoms with E-state index in [1.807, 2.05) is 24.3 Å². The number of benzene rings is 1. The van der Waals surface area contributed by atoms with Gasteiger partial charge < -0.3 is 19.5 Å². The third kappa shape index (κ3) is 7.58. The summed E-state index contributed by atoms with van der Waals surface area (Å²) in [5.41, 5.74) is 2.21. The average molecular weight is 295 g/mol. The summed E-state index contributed by atoms with van der Waals surface area (Å²) in [4.78, 5) is 2.32. The third-order valence-corrected chi connectivity index (χ3v) is 3.62. The minimum absolute atomic E-state index is 0.405. The summed E-state index contributed by atoms with van der Waals surface area (Å²) in [5.74, 6) is 0. The highest BCUT2D eigenvalue weighted by atomic mass is 16.5. The Kier molecular flexibility index (Phi) is 9.26. The van der Waals surface area contributed by atoms with Gasteiger partial charge in [0.05, 0.1) is 12.7 Å². The molecule has 0 radical (unpaired) electrons. The van der Waals surface area contributed by atoms with Crippen LogP contribution in [-0.2, 0) is 9.47 Å². The van der Waals surface area contributed by atoms with Gasteiger partial charge in [0.25, 0.3) is 0 Å². The van der Waals surface area contributed by atoms with Crippen molar-refractivity contribution in [1.29, 1.82) is 0 Å². The van der Waals surface area contributed by atoms with Gasteiger partial charge in [-0.05, 0) is 25.3 Å². The van der Waals surface area contributed by atoms with Crippen LogP contribution >= 0.6 is 0 Å². The van der Waals surface area contributed by atoms with Crippen molar-refractivity contribution in [2.24, 2.45) is 0 Å². The molecule has 0 aliphatic heterocycles. The standard InChI is InChI=1S/C17H29NO3/c1-15-5-7-16(8-6-15)17(19)9-11-18(12-14-21-3)10-4-13-20-2/h5-8,17,19H,4,9-14H2,1-3H3. The van der Waals surface area contributed by atoms with Crippen LogP contribution in [0.15, 0.2) is 24.3 Å². The molecule has 0 aliphatic carbocycles. The van der Waals surface area contributed by atoms with E-state index in [0.717, 1.165) is 44.6 Å². The molecule has 1 aromatic rings. The highest BCUT2D eigenvalue weighted by Gasteiger charge is 2.11. The zero-order valence-electron chi connectivity index (χ0n) is 13.5. The minimum Gasteiger partial charge on any atom is -0.388 e. The maximum atomic E-state index is 10.3. The summed E-state index contributed by atoms with van der Waals surface area (Å²) < 4.78 is 10.2. The molecule has 120 valence electrons. The summed E-state index contributed by atoms with van der Waals surface area (Å²) in [6.07, 6.45) is 1.33. The number of methoxy groups -OCH3 is 2. The van der Waals surface area contributed by atoms with Crippen molar-refractivity contribution in [2.75, 3.05) is 47.1 Å². The van der Waals surface area contributed by atoms with Crippen LogP contribution in [0.3, 0.4) is 0 Å². The normalized spacial score (nSPS) is 12.8. The predicted molar refractivity (Wildman–Crippen MR) is 85.6 cm³/mol. The smallest absolute Gasteiger partial charge is 0.0802 e. The molecule has 0 fully saturated rings. The van der Waals surface area contributed by atoms with Crippen LogP contribution in [0.4, 0.5) is 0 Å². The molecule has 0 saturated carbocycles. The van der Waals surface area contributed by atoms with Crippen LogP contribution in [0.25, 0.3) is 0 Å². The topological polar surface area (TPSA) is 41.9 Å². The zero-order chi connectivity index (χ0) is 15.5. The maximum Gasteiger partial charge on any atom is 0.0802 e. The van der Waals surface area contributed by atoms with Gasteiger partial charge in [-0.1, -0.05) is 29.8 Å². The van der Waals surface area contributed by atoms with Crippen LogP contribution in [0, 0.1) is 6.92 Å². The molecule has 0 aliphatic rings. The molecule has 0 spiro atoms. The van der Waals surface area contributed by atoms with Crippen LogP contribution < -0.4 is 0 Å². The Hall–Kier alpha value is -0.940. The monoisotopic (exact) mass is 295 g/mol. The molecule has 1 aromatic carbocycles. The first-order valence-electron chi connectivity index (χ1n) is 7.62. The Bertz CT molecular complexity index is 367. The quantitative estimate of drug-likeness (QED) is 0.637. The second-order valence-electron chi connectivity index (χ2n) is 5.40. The lowest BCUT2D eigenvalue weighted by Gasteiger charge is -2.23. The predicted octanol–water partition coefficient (Wildman–Crippen LogP) is 2.40. The molecule has 0 aromatic heterocycles. The summed E-state index contributed by atoms with van der Waals surface area (Å²) >= 11 is 0. The van der Waals surface area contributed by atoms with Crippen molar-refractivity contribution < 1.29 is 14.6 Å². The summed E-state index contributed by atoms with van der Waals surface area (Å²) in [6, 6.07) is 8.09. The fraction of sp³-hybridized carbons (Fsp3) is 0.647. The van der Waals surface area contributed by atoms with Gasteiger partial charge in [0.15, 0.2) is 0 Å². The number of aliphatic hydroxyl groups is 1. The molecule has 0 heterocycles. The summed E-state index contributed by atoms with van der Waals surface area (Å²) in [6.45, 7) is 6.26. The lowest BCUT2D eigenvalue weighted by atomic mass is 10.0. The van der Waals surface area contributed by atoms with E-state index in [2.05, 4.69) is 11.8 Å². The van der Waals surface area contributed by atoms with E-state index in [1.165, 1.54) is 5.56 Å². The van der Waals surface area contributed by atoms with E-state index >= 15 is 0 Å². The van der Waals surface area contributed by atoms with Crippen molar-refractivity contribution in [1.82, 2.24) is 4.90 Å². The number of ether oxygens (including phenoxy) is 2. The molecule has 1 N–H and O–H groups in total. The minimum atomic E-state index is -0.405. The fourth-order valence-electron chi connectivity index (χ4n) is 2.25. The van der Waals surface area contributed by atoms with Gasteiger partial charge in [-0.25, -0.2) is 0 Å². The Morgan fingerprint density at radius 3 is 2.29 bits per heavy atom. The van der Waals surface area contributed by atoms with E-state index in [-0.39, 0.29) is 0 Å². The number of hydrogen-bond acceptors (Lipinski definition) is 4. The first-order chi connectivity index (χ1) is 10.2. The molecule has 0 bridgehead atoms. The van der Waals surface area contributed by atoms with Gasteiger partial charge in [0.1, 0.15) is 0 Å². The average Bonchev–Trinajstić information content (AvgIpc) is 2.50. The molecule has 1 rings (SSSR count). The van der Waals surface area contributed by atoms with Crippen molar-refractivity contribution in [3.63, 3.8) is 0 Å². The molecular weight excluding hydrogens is 266 g/mol. The van der Waals surface area contributed by atoms with Gasteiger partial charge in [0, 0.05) is 40.5 Å². The second kappa shape index (κ2) is 10.7. The molecule has 1 atom stereocenters. The van der Waals surface area contributed by atoms with E-state index < -0.39 is 6.10 Å². The Labute approximate surface area is 128 Å². The molecule has 0 saturated heterocycles. The van der Waals surface area contributed by atoms with Crippen LogP contribution in [0.5, 0.6) is 0 Å². The second-order valence-corrected chi connectivity index (χ2v) is 5.40. The molecule has 21 heavy (non-hydrogen) atoms. The lowest BCUT2D eigenvalue weighted by Crippen LogP contribution is -2.31. The van der Waals surface area contributed by atoms with Gasteiger partial charge >= 0.3 is 0 Å². The van der Waals surface area contributed by atoms with E-state index in [0.29, 0.717) is 6.61 Å². The van der Waals surface area contributed by atoms with Crippen molar-refractivity contribution in [3.05, 3.63) is 35.4 Å². The van der Waals surface area contributed by atoms with Crippen molar-refractivity contribution in [3.8, 4) is 0 Å². The largest absolute Gasteiger partial charge is 0.388 e. The highest BCUT2D eigenvalue weighted by Crippen LogP contribution is 2.17. The SMILES string of the molecule is COCCCN(CCOC)CCC(O)c1ccc(C)cc1. The number of aliphatic hydroxyl groups excluding tert-OH is 1. The van der Waals surface area contributed by atoms with E-state index in [1.54, 1.807) is 14.2 Å². The Morgan fingerprint density at radius 2 is 1.67 bits per heavy atom. The zero-order valence-corrected chi connectivity index (χ0v) is 13.5. The van der Waals surface area contributed by atoms with E-state index in [4.69, 9.17) is 9.47 Å². The molecule has 0 amide bonds. The van der Waals surface area contributed by atoms with Crippen LogP contribution in [0.1, 0.15) is 30.1 Å². The summed E-state index contributed by atoms with van der Waals surface area (Å²) in [7, 11) is 3.44. The molecule has 4 nitrogen and oxygen atoms in total. The first-order valence-corrected chi connectivity index (χ1v) is 7.62. The molecular formula is C17H29NO3. The fourth-order valence-corrected chi connectivity index (χ4v) is 2.25. The third-order valence-electron chi connectivity index (χ3n) is 3.62. The highest BCUT2D eigenvalue weighted by molar-refractivity contribution is 5.22. The number of aryl methyl sites for hydroxylation is 1. The molecule has 1 unspecified atom stereocenters. The Morgan fingerprint density at radius 1 is 1.00 bits per heavy atom. The molecule has 4 heteroatoms. The van der Waals surface area contributed by atoms with Gasteiger partial charge in [-0.2, -0.15) is 0 Å². The maximum absolute atomic E-state index is 10.3. The van der Waals surface area contributed by atoms with Gasteiger partial charge in [0.2, 0.25) is 0 Å². The lowest BCUT2D eigenvalue weighted by molar-refractivity contribution is 0.109. The van der Waals surface area contributed by atoms with Crippen molar-refractivity contribution >= 4 is 0 Å². The summed E-state index contributed by atoms with van der Waals surface area (Å²) in [5, 5.41) is 10.3. The number of hydrogen-bond donors (Lipinski definition) is 1. The number of rotatable bonds is 11. The number of nitrogens with zero attached hydrogens (tertiary/aromatic N) is 1. The van der Waals surface area contributed by atoms with Gasteiger partial charge in [-0.15, -0.1) is 0 Å². The first kappa shape index (κ1) is 18.1.